The van der Waals surface area contributed by atoms with E-state index >= 15 is 0 Å². The molecule has 0 radical (unpaired) electrons. The first-order valence-corrected chi connectivity index (χ1v) is 15.0. The second-order valence-corrected chi connectivity index (χ2v) is 11.4. The molecule has 6 N–H and O–H groups in total. The maximum absolute atomic E-state index is 10.4. The molecule has 0 spiro atoms. The highest BCUT2D eigenvalue weighted by molar-refractivity contribution is 6.31. The van der Waals surface area contributed by atoms with Crippen LogP contribution in [0.5, 0.6) is 5.75 Å². The summed E-state index contributed by atoms with van der Waals surface area (Å²) in [6.45, 7) is 1.50. The van der Waals surface area contributed by atoms with Crippen molar-refractivity contribution in [2.24, 2.45) is 0 Å². The van der Waals surface area contributed by atoms with Crippen LogP contribution in [0, 0.1) is 0 Å². The third-order valence-electron chi connectivity index (χ3n) is 7.97. The van der Waals surface area contributed by atoms with Crippen LogP contribution in [0.15, 0.2) is 42.5 Å². The summed E-state index contributed by atoms with van der Waals surface area (Å²) in [5, 5.41) is 51.8. The van der Waals surface area contributed by atoms with Gasteiger partial charge in [-0.1, -0.05) is 48.7 Å². The summed E-state index contributed by atoms with van der Waals surface area (Å²) in [6, 6.07) is 12.8. The average Bonchev–Trinajstić information content (AvgIpc) is 3.72. The van der Waals surface area contributed by atoms with E-state index in [1.54, 1.807) is 12.1 Å². The number of aliphatic carboxylic acids is 1. The van der Waals surface area contributed by atoms with Crippen molar-refractivity contribution in [2.75, 3.05) is 26.4 Å². The van der Waals surface area contributed by atoms with Crippen molar-refractivity contribution in [1.29, 1.82) is 0 Å². The molecule has 0 aromatic heterocycles. The Labute approximate surface area is 251 Å². The van der Waals surface area contributed by atoms with Gasteiger partial charge >= 0.3 is 5.97 Å². The molecule has 5 rings (SSSR count). The maximum atomic E-state index is 10.4. The minimum Gasteiger partial charge on any atom is -0.491 e. The highest BCUT2D eigenvalue weighted by atomic mass is 35.5. The topological polar surface area (TPSA) is 158 Å². The fourth-order valence-corrected chi connectivity index (χ4v) is 5.72. The Morgan fingerprint density at radius 1 is 0.952 bits per heavy atom. The molecule has 0 bridgehead atoms. The number of aliphatic hydroxyl groups is 4. The van der Waals surface area contributed by atoms with Crippen molar-refractivity contribution in [3.8, 4) is 5.75 Å². The minimum atomic E-state index is -1.42. The first-order chi connectivity index (χ1) is 20.3. The van der Waals surface area contributed by atoms with E-state index in [1.807, 2.05) is 30.3 Å². The number of hydrogen-bond acceptors (Lipinski definition) is 9. The Morgan fingerprint density at radius 2 is 1.69 bits per heavy atom. The molecule has 6 atom stereocenters. The van der Waals surface area contributed by atoms with Gasteiger partial charge in [-0.2, -0.15) is 0 Å². The van der Waals surface area contributed by atoms with Gasteiger partial charge in [0.15, 0.2) is 0 Å². The van der Waals surface area contributed by atoms with Crippen molar-refractivity contribution >= 4 is 17.6 Å². The summed E-state index contributed by atoms with van der Waals surface area (Å²) < 4.78 is 17.3. The van der Waals surface area contributed by atoms with Crippen LogP contribution in [0.3, 0.4) is 0 Å². The zero-order chi connectivity index (χ0) is 30.1. The maximum Gasteiger partial charge on any atom is 0.320 e. The lowest BCUT2D eigenvalue weighted by molar-refractivity contribution is -0.231. The van der Waals surface area contributed by atoms with Gasteiger partial charge in [-0.25, -0.2) is 0 Å². The van der Waals surface area contributed by atoms with Crippen molar-refractivity contribution in [3.05, 3.63) is 64.2 Å². The van der Waals surface area contributed by atoms with Gasteiger partial charge in [0.05, 0.1) is 19.3 Å². The van der Waals surface area contributed by atoms with E-state index in [4.69, 9.17) is 30.9 Å². The van der Waals surface area contributed by atoms with Crippen LogP contribution in [0.1, 0.15) is 61.3 Å². The number of rotatable bonds is 10. The summed E-state index contributed by atoms with van der Waals surface area (Å²) in [7, 11) is 0. The Hall–Kier alpha value is -2.28. The van der Waals surface area contributed by atoms with Crippen molar-refractivity contribution in [3.63, 3.8) is 0 Å². The fourth-order valence-electron chi connectivity index (χ4n) is 5.53. The second-order valence-electron chi connectivity index (χ2n) is 11.0. The molecule has 3 aliphatic rings. The van der Waals surface area contributed by atoms with E-state index in [9.17, 15) is 25.2 Å². The van der Waals surface area contributed by atoms with E-state index in [1.165, 1.54) is 12.8 Å². The minimum absolute atomic E-state index is 0.269. The lowest BCUT2D eigenvalue weighted by atomic mass is 9.90. The van der Waals surface area contributed by atoms with Gasteiger partial charge in [0.25, 0.3) is 0 Å². The fraction of sp³-hybridized carbons (Fsp3) is 0.581. The zero-order valence-electron chi connectivity index (χ0n) is 23.6. The lowest BCUT2D eigenvalue weighted by Crippen LogP contribution is -2.55. The van der Waals surface area contributed by atoms with Gasteiger partial charge in [0.2, 0.25) is 0 Å². The van der Waals surface area contributed by atoms with Crippen LogP contribution in [0.2, 0.25) is 5.02 Å². The summed E-state index contributed by atoms with van der Waals surface area (Å²) in [5.41, 5.74) is 2.47. The van der Waals surface area contributed by atoms with Gasteiger partial charge in [-0.3, -0.25) is 4.79 Å². The molecule has 10 nitrogen and oxygen atoms in total. The summed E-state index contributed by atoms with van der Waals surface area (Å²) in [5.74, 6) is 0.0578. The quantitative estimate of drug-likeness (QED) is 0.222. The number of halogens is 1. The molecule has 1 aliphatic carbocycles. The molecular weight excluding hydrogens is 566 g/mol. The van der Waals surface area contributed by atoms with Crippen molar-refractivity contribution in [2.45, 2.75) is 87.6 Å². The summed E-state index contributed by atoms with van der Waals surface area (Å²) >= 11 is 6.43. The smallest absolute Gasteiger partial charge is 0.320 e. The van der Waals surface area contributed by atoms with Gasteiger partial charge < -0.3 is 45.1 Å². The summed E-state index contributed by atoms with van der Waals surface area (Å²) in [6.07, 6.45) is 1.52. The molecule has 2 heterocycles. The molecule has 3 fully saturated rings. The molecular formula is C31H42ClNO9. The van der Waals surface area contributed by atoms with Crippen molar-refractivity contribution < 1.29 is 44.5 Å². The largest absolute Gasteiger partial charge is 0.491 e. The van der Waals surface area contributed by atoms with Gasteiger partial charge in [0, 0.05) is 5.02 Å². The van der Waals surface area contributed by atoms with Crippen LogP contribution in [-0.2, 0) is 20.7 Å². The second kappa shape index (κ2) is 16.0. The van der Waals surface area contributed by atoms with E-state index in [0.717, 1.165) is 49.1 Å². The Balaban J connectivity index is 0.000000437. The number of hydrogen-bond donors (Lipinski definition) is 6. The number of carbonyl (C=O) groups is 1. The average molecular weight is 608 g/mol. The number of benzene rings is 2. The highest BCUT2D eigenvalue weighted by Gasteiger charge is 2.44. The van der Waals surface area contributed by atoms with Crippen molar-refractivity contribution in [1.82, 2.24) is 5.32 Å². The highest BCUT2D eigenvalue weighted by Crippen LogP contribution is 2.34. The first kappa shape index (κ1) is 32.6. The van der Waals surface area contributed by atoms with Gasteiger partial charge in [-0.15, -0.1) is 0 Å². The normalized spacial score (nSPS) is 27.8. The molecule has 232 valence electrons. The third-order valence-corrected chi connectivity index (χ3v) is 8.34. The van der Waals surface area contributed by atoms with Crippen LogP contribution in [0.25, 0.3) is 0 Å². The Morgan fingerprint density at radius 3 is 2.31 bits per heavy atom. The number of ether oxygens (including phenoxy) is 3. The van der Waals surface area contributed by atoms with Crippen LogP contribution >= 0.6 is 11.6 Å². The van der Waals surface area contributed by atoms with E-state index < -0.39 is 43.1 Å². The molecule has 11 heteroatoms. The van der Waals surface area contributed by atoms with E-state index in [0.29, 0.717) is 36.3 Å². The number of carboxylic acid groups (broad SMARTS) is 1. The molecule has 2 aliphatic heterocycles. The molecule has 1 saturated carbocycles. The van der Waals surface area contributed by atoms with Gasteiger partial charge in [0.1, 0.15) is 48.9 Å². The van der Waals surface area contributed by atoms with Crippen LogP contribution < -0.4 is 10.1 Å². The molecule has 2 aromatic carbocycles. The zero-order valence-corrected chi connectivity index (χ0v) is 24.4. The molecule has 2 aromatic rings. The predicted octanol–water partition coefficient (Wildman–Crippen LogP) is 2.61. The predicted molar refractivity (Wildman–Crippen MR) is 156 cm³/mol. The Kier molecular flexibility index (Phi) is 12.4. The van der Waals surface area contributed by atoms with Gasteiger partial charge in [-0.05, 0) is 73.5 Å². The number of carboxylic acids is 1. The SMILES string of the molecule is O=C(O)[C@@H]1CCCN1.OC[C@H]1O[C@@H](c2ccc(Cl)c(Cc3ccc(OCCOC4CCCC4)cc3)c2)[C@H](O)[C@@H](O)[C@@H]1O. The first-order valence-electron chi connectivity index (χ1n) is 14.6. The van der Waals surface area contributed by atoms with E-state index in [-0.39, 0.29) is 6.04 Å². The standard InChI is InChI=1S/C26H33ClO7.C5H9NO2/c27-21-10-7-17(26-25(31)24(30)23(29)22(15-28)34-26)14-18(21)13-16-5-8-20(9-6-16)33-12-11-32-19-3-1-2-4-19;7-5(8)4-2-1-3-6-4/h5-10,14,19,22-26,28-31H,1-4,11-13,15H2;4,6H,1-3H2,(H,7,8)/t22-,23-,24+,25-,26+;4-/m10/s1. The molecule has 0 amide bonds. The Bertz CT molecular complexity index is 1120. The molecule has 2 saturated heterocycles. The summed E-state index contributed by atoms with van der Waals surface area (Å²) in [4.78, 5) is 10.1. The molecule has 42 heavy (non-hydrogen) atoms. The van der Waals surface area contributed by atoms with E-state index in [2.05, 4.69) is 5.32 Å². The van der Waals surface area contributed by atoms with Crippen LogP contribution in [0.4, 0.5) is 0 Å². The van der Waals surface area contributed by atoms with Crippen LogP contribution in [-0.4, -0.2) is 94.4 Å². The number of nitrogens with one attached hydrogen (secondary N) is 1. The monoisotopic (exact) mass is 607 g/mol. The molecule has 0 unspecified atom stereocenters. The third kappa shape index (κ3) is 8.87. The number of aliphatic hydroxyl groups excluding tert-OH is 4. The lowest BCUT2D eigenvalue weighted by Gasteiger charge is -2.40.